The molecule has 1 aromatic rings. The number of hydrogen-bond acceptors (Lipinski definition) is 0. The van der Waals surface area contributed by atoms with E-state index in [0.717, 1.165) is 5.92 Å². The van der Waals surface area contributed by atoms with E-state index >= 15 is 0 Å². The molecule has 0 aliphatic heterocycles. The maximum Gasteiger partial charge on any atom is -0.0149 e. The van der Waals surface area contributed by atoms with Gasteiger partial charge in [-0.3, -0.25) is 0 Å². The molecule has 0 amide bonds. The highest BCUT2D eigenvalue weighted by atomic mass is 14.3. The lowest BCUT2D eigenvalue weighted by Gasteiger charge is -2.06. The van der Waals surface area contributed by atoms with E-state index in [4.69, 9.17) is 0 Å². The molecule has 1 radical (unpaired) electrons. The minimum atomic E-state index is 0.868. The predicted octanol–water partition coefficient (Wildman–Crippen LogP) is 2.98. The van der Waals surface area contributed by atoms with Crippen LogP contribution in [0.15, 0.2) is 12.1 Å². The van der Waals surface area contributed by atoms with Crippen LogP contribution in [-0.4, -0.2) is 0 Å². The molecule has 1 saturated carbocycles. The van der Waals surface area contributed by atoms with Gasteiger partial charge < -0.3 is 0 Å². The summed E-state index contributed by atoms with van der Waals surface area (Å²) in [5.74, 6) is 0.868. The monoisotopic (exact) mass is 145 g/mol. The molecule has 0 spiro atoms. The van der Waals surface area contributed by atoms with E-state index in [9.17, 15) is 0 Å². The van der Waals surface area contributed by atoms with E-state index in [-0.39, 0.29) is 0 Å². The van der Waals surface area contributed by atoms with Crippen molar-refractivity contribution >= 4 is 0 Å². The molecule has 2 rings (SSSR count). The maximum absolute atomic E-state index is 3.26. The second-order valence-electron chi connectivity index (χ2n) is 3.47. The van der Waals surface area contributed by atoms with Gasteiger partial charge in [-0.15, -0.1) is 0 Å². The second kappa shape index (κ2) is 2.37. The van der Waals surface area contributed by atoms with Crippen LogP contribution in [-0.2, 0) is 0 Å². The van der Waals surface area contributed by atoms with Gasteiger partial charge in [-0.05, 0) is 55.4 Å². The van der Waals surface area contributed by atoms with Crippen LogP contribution in [0.4, 0.5) is 0 Å². The average Bonchev–Trinajstić information content (AvgIpc) is 2.70. The van der Waals surface area contributed by atoms with Crippen LogP contribution < -0.4 is 0 Å². The Morgan fingerprint density at radius 2 is 2.09 bits per heavy atom. The van der Waals surface area contributed by atoms with Crippen LogP contribution in [0.25, 0.3) is 0 Å². The Labute approximate surface area is 68.3 Å². The predicted molar refractivity (Wildman–Crippen MR) is 46.7 cm³/mol. The van der Waals surface area contributed by atoms with Crippen molar-refractivity contribution < 1.29 is 0 Å². The molecule has 0 unspecified atom stereocenters. The first kappa shape index (κ1) is 6.90. The Balaban J connectivity index is 2.48. The molecule has 0 saturated heterocycles. The lowest BCUT2D eigenvalue weighted by atomic mass is 9.99. The topological polar surface area (TPSA) is 0 Å². The summed E-state index contributed by atoms with van der Waals surface area (Å²) in [4.78, 5) is 0. The molecule has 0 aromatic heterocycles. The third kappa shape index (κ3) is 1.18. The van der Waals surface area contributed by atoms with Gasteiger partial charge in [0.05, 0.1) is 0 Å². The van der Waals surface area contributed by atoms with Crippen molar-refractivity contribution in [2.45, 2.75) is 32.6 Å². The quantitative estimate of drug-likeness (QED) is 0.570. The van der Waals surface area contributed by atoms with Crippen LogP contribution >= 0.6 is 0 Å². The Morgan fingerprint density at radius 1 is 1.36 bits per heavy atom. The molecular weight excluding hydrogens is 132 g/mol. The van der Waals surface area contributed by atoms with Crippen molar-refractivity contribution in [1.82, 2.24) is 0 Å². The summed E-state index contributed by atoms with van der Waals surface area (Å²) in [5.41, 5.74) is 4.36. The van der Waals surface area contributed by atoms with E-state index in [1.54, 1.807) is 5.56 Å². The first-order chi connectivity index (χ1) is 5.29. The highest BCUT2D eigenvalue weighted by Gasteiger charge is 2.26. The molecule has 1 aliphatic carbocycles. The molecule has 0 N–H and O–H groups in total. The molecule has 11 heavy (non-hydrogen) atoms. The van der Waals surface area contributed by atoms with Gasteiger partial charge in [0.1, 0.15) is 0 Å². The van der Waals surface area contributed by atoms with Gasteiger partial charge in [0, 0.05) is 0 Å². The maximum atomic E-state index is 3.26. The zero-order chi connectivity index (χ0) is 7.84. The third-order valence-electron chi connectivity index (χ3n) is 2.45. The number of aryl methyl sites for hydroxylation is 2. The molecule has 0 heteroatoms. The van der Waals surface area contributed by atoms with Gasteiger partial charge in [-0.1, -0.05) is 12.1 Å². The Hall–Kier alpha value is -0.780. The van der Waals surface area contributed by atoms with Crippen molar-refractivity contribution in [3.05, 3.63) is 34.9 Å². The number of benzene rings is 1. The summed E-state index contributed by atoms with van der Waals surface area (Å²) in [6.45, 7) is 4.37. The summed E-state index contributed by atoms with van der Waals surface area (Å²) in [5, 5.41) is 0. The molecule has 57 valence electrons. The van der Waals surface area contributed by atoms with Crippen molar-refractivity contribution in [3.63, 3.8) is 0 Å². The standard InChI is InChI=1S/C11H13/c1-8-4-3-5-9(2)11(8)10-6-7-10/h3-4,10H,6-7H2,1-2H3. The van der Waals surface area contributed by atoms with E-state index in [1.165, 1.54) is 24.0 Å². The zero-order valence-electron chi connectivity index (χ0n) is 7.15. The molecule has 1 aromatic carbocycles. The first-order valence-corrected chi connectivity index (χ1v) is 4.27. The largest absolute Gasteiger partial charge is 0.0584 e. The Kier molecular flexibility index (Phi) is 1.49. The van der Waals surface area contributed by atoms with Crippen LogP contribution in [0.2, 0.25) is 0 Å². The SMILES string of the molecule is Cc1[c]ccc(C)c1C1CC1. The van der Waals surface area contributed by atoms with Gasteiger partial charge in [0.15, 0.2) is 0 Å². The molecule has 0 bridgehead atoms. The number of hydrogen-bond donors (Lipinski definition) is 0. The van der Waals surface area contributed by atoms with E-state index < -0.39 is 0 Å². The van der Waals surface area contributed by atoms with Gasteiger partial charge in [-0.25, -0.2) is 0 Å². The normalized spacial score (nSPS) is 16.9. The smallest absolute Gasteiger partial charge is 0.0149 e. The van der Waals surface area contributed by atoms with Crippen LogP contribution in [0.1, 0.15) is 35.4 Å². The summed E-state index contributed by atoms with van der Waals surface area (Å²) in [6, 6.07) is 7.45. The fourth-order valence-electron chi connectivity index (χ4n) is 1.76. The zero-order valence-corrected chi connectivity index (χ0v) is 7.15. The van der Waals surface area contributed by atoms with Gasteiger partial charge in [0.25, 0.3) is 0 Å². The van der Waals surface area contributed by atoms with Crippen molar-refractivity contribution in [2.24, 2.45) is 0 Å². The lowest BCUT2D eigenvalue weighted by molar-refractivity contribution is 1.07. The Bertz CT molecular complexity index is 249. The summed E-state index contributed by atoms with van der Waals surface area (Å²) in [6.07, 6.45) is 2.78. The molecule has 0 heterocycles. The molecule has 0 atom stereocenters. The summed E-state index contributed by atoms with van der Waals surface area (Å²) >= 11 is 0. The van der Waals surface area contributed by atoms with Crippen LogP contribution in [0.5, 0.6) is 0 Å². The average molecular weight is 145 g/mol. The summed E-state index contributed by atoms with van der Waals surface area (Å²) < 4.78 is 0. The lowest BCUT2D eigenvalue weighted by Crippen LogP contribution is -1.89. The highest BCUT2D eigenvalue weighted by Crippen LogP contribution is 2.42. The van der Waals surface area contributed by atoms with Crippen LogP contribution in [0, 0.1) is 19.9 Å². The molecular formula is C11H13. The van der Waals surface area contributed by atoms with E-state index in [0.29, 0.717) is 0 Å². The minimum Gasteiger partial charge on any atom is -0.0584 e. The second-order valence-corrected chi connectivity index (χ2v) is 3.47. The van der Waals surface area contributed by atoms with Crippen molar-refractivity contribution in [2.75, 3.05) is 0 Å². The van der Waals surface area contributed by atoms with E-state index in [2.05, 4.69) is 26.0 Å². The number of rotatable bonds is 1. The van der Waals surface area contributed by atoms with Crippen LogP contribution in [0.3, 0.4) is 0 Å². The molecule has 1 fully saturated rings. The first-order valence-electron chi connectivity index (χ1n) is 4.27. The molecule has 0 nitrogen and oxygen atoms in total. The summed E-state index contributed by atoms with van der Waals surface area (Å²) in [7, 11) is 0. The highest BCUT2D eigenvalue weighted by molar-refractivity contribution is 5.38. The minimum absolute atomic E-state index is 0.868. The van der Waals surface area contributed by atoms with Crippen molar-refractivity contribution in [1.29, 1.82) is 0 Å². The third-order valence-corrected chi connectivity index (χ3v) is 2.45. The molecule has 1 aliphatic rings. The van der Waals surface area contributed by atoms with Gasteiger partial charge in [-0.2, -0.15) is 0 Å². The fraction of sp³-hybridized carbons (Fsp3) is 0.455. The van der Waals surface area contributed by atoms with Gasteiger partial charge in [0.2, 0.25) is 0 Å². The van der Waals surface area contributed by atoms with E-state index in [1.807, 2.05) is 6.07 Å². The Morgan fingerprint density at radius 3 is 2.64 bits per heavy atom. The van der Waals surface area contributed by atoms with Gasteiger partial charge >= 0.3 is 0 Å². The fourth-order valence-corrected chi connectivity index (χ4v) is 1.76. The van der Waals surface area contributed by atoms with Crippen molar-refractivity contribution in [3.8, 4) is 0 Å².